The Hall–Kier alpha value is -1.08. The number of nitrogens with zero attached hydrogens (tertiary/aromatic N) is 2. The summed E-state index contributed by atoms with van der Waals surface area (Å²) in [4.78, 5) is 10.7. The normalized spacial score (nSPS) is 25.8. The highest BCUT2D eigenvalue weighted by atomic mass is 16.7. The molecule has 124 valence electrons. The first-order valence-electron chi connectivity index (χ1n) is 7.99. The highest BCUT2D eigenvalue weighted by Crippen LogP contribution is 2.40. The van der Waals surface area contributed by atoms with Crippen molar-refractivity contribution in [3.63, 3.8) is 0 Å². The van der Waals surface area contributed by atoms with E-state index >= 15 is 0 Å². The van der Waals surface area contributed by atoms with Crippen LogP contribution in [0.1, 0.15) is 47.5 Å². The predicted octanol–water partition coefficient (Wildman–Crippen LogP) is 2.09. The Bertz CT molecular complexity index is 423. The van der Waals surface area contributed by atoms with E-state index in [0.29, 0.717) is 6.61 Å². The van der Waals surface area contributed by atoms with Gasteiger partial charge in [0.25, 0.3) is 0 Å². The summed E-state index contributed by atoms with van der Waals surface area (Å²) < 4.78 is 17.1. The summed E-state index contributed by atoms with van der Waals surface area (Å²) in [6.45, 7) is 11.8. The van der Waals surface area contributed by atoms with Crippen LogP contribution in [-0.4, -0.2) is 55.2 Å². The molecule has 22 heavy (non-hydrogen) atoms. The second-order valence-electron chi connectivity index (χ2n) is 7.01. The van der Waals surface area contributed by atoms with Gasteiger partial charge in [0.05, 0.1) is 23.6 Å². The topological polar surface area (TPSA) is 60.4 Å². The monoisotopic (exact) mass is 310 g/mol. The molecule has 1 fully saturated rings. The van der Waals surface area contributed by atoms with Gasteiger partial charge >= 0.3 is 13.1 Å². The van der Waals surface area contributed by atoms with Gasteiger partial charge in [-0.15, -0.1) is 0 Å². The third kappa shape index (κ3) is 4.01. The van der Waals surface area contributed by atoms with Gasteiger partial charge in [0.1, 0.15) is 0 Å². The molecule has 7 heteroatoms. The van der Waals surface area contributed by atoms with E-state index < -0.39 is 0 Å². The Morgan fingerprint density at radius 1 is 1.32 bits per heavy atom. The minimum absolute atomic E-state index is 0.162. The van der Waals surface area contributed by atoms with Crippen molar-refractivity contribution in [2.24, 2.45) is 5.10 Å². The first-order valence-corrected chi connectivity index (χ1v) is 7.99. The molecule has 0 saturated carbocycles. The van der Waals surface area contributed by atoms with Gasteiger partial charge in [-0.2, -0.15) is 5.10 Å². The standard InChI is InChI=1S/C15H27BN2O4/c1-12(19)20-9-7-6-8-18-11-13(10-17-18)16-21-14(2,3)15(4,5)22-16/h10,13H,6-9,11H2,1-5H3. The van der Waals surface area contributed by atoms with Crippen molar-refractivity contribution < 1.29 is 18.8 Å². The fraction of sp³-hybridized carbons (Fsp3) is 0.867. The zero-order valence-electron chi connectivity index (χ0n) is 14.3. The second-order valence-corrected chi connectivity index (χ2v) is 7.01. The molecule has 0 bridgehead atoms. The predicted molar refractivity (Wildman–Crippen MR) is 85.8 cm³/mol. The number of unbranched alkanes of at least 4 members (excludes halogenated alkanes) is 1. The van der Waals surface area contributed by atoms with Crippen molar-refractivity contribution in [2.75, 3.05) is 19.7 Å². The van der Waals surface area contributed by atoms with Crippen LogP contribution in [0.2, 0.25) is 5.82 Å². The van der Waals surface area contributed by atoms with Crippen molar-refractivity contribution >= 4 is 19.3 Å². The molecule has 2 rings (SSSR count). The van der Waals surface area contributed by atoms with Gasteiger partial charge < -0.3 is 14.0 Å². The first-order chi connectivity index (χ1) is 10.2. The van der Waals surface area contributed by atoms with Crippen LogP contribution < -0.4 is 0 Å². The molecule has 0 N–H and O–H groups in total. The van der Waals surface area contributed by atoms with E-state index in [1.54, 1.807) is 0 Å². The Morgan fingerprint density at radius 2 is 1.95 bits per heavy atom. The van der Waals surface area contributed by atoms with Gasteiger partial charge in [0, 0.05) is 26.2 Å². The van der Waals surface area contributed by atoms with Crippen LogP contribution >= 0.6 is 0 Å². The van der Waals surface area contributed by atoms with Crippen LogP contribution in [0.4, 0.5) is 0 Å². The van der Waals surface area contributed by atoms with Crippen LogP contribution in [0, 0.1) is 0 Å². The lowest BCUT2D eigenvalue weighted by atomic mass is 9.73. The highest BCUT2D eigenvalue weighted by molar-refractivity contribution is 6.52. The van der Waals surface area contributed by atoms with Crippen molar-refractivity contribution in [2.45, 2.75) is 64.5 Å². The fourth-order valence-corrected chi connectivity index (χ4v) is 2.50. The van der Waals surface area contributed by atoms with Crippen LogP contribution in [0.25, 0.3) is 0 Å². The summed E-state index contributed by atoms with van der Waals surface area (Å²) in [7, 11) is -0.236. The maximum absolute atomic E-state index is 10.7. The average molecular weight is 310 g/mol. The van der Waals surface area contributed by atoms with Gasteiger partial charge in [-0.05, 0) is 40.5 Å². The molecule has 2 aliphatic rings. The third-order valence-corrected chi connectivity index (χ3v) is 4.58. The molecule has 2 heterocycles. The SMILES string of the molecule is CC(=O)OCCCCN1CC(B2OC(C)(C)C(C)(C)O2)C=N1. The van der Waals surface area contributed by atoms with Crippen LogP contribution in [-0.2, 0) is 18.8 Å². The largest absolute Gasteiger partial charge is 0.468 e. The number of carbonyl (C=O) groups excluding carboxylic acids is 1. The molecule has 6 nitrogen and oxygen atoms in total. The quantitative estimate of drug-likeness (QED) is 0.427. The molecule has 0 amide bonds. The Morgan fingerprint density at radius 3 is 2.55 bits per heavy atom. The number of rotatable bonds is 6. The average Bonchev–Trinajstić information content (AvgIpc) is 2.92. The summed E-state index contributed by atoms with van der Waals surface area (Å²) in [6, 6.07) is 0. The number of carbonyl (C=O) groups is 1. The molecule has 1 unspecified atom stereocenters. The maximum atomic E-state index is 10.7. The minimum Gasteiger partial charge on any atom is -0.466 e. The van der Waals surface area contributed by atoms with Gasteiger partial charge in [-0.25, -0.2) is 0 Å². The molecule has 0 aliphatic carbocycles. The van der Waals surface area contributed by atoms with E-state index in [2.05, 4.69) is 32.8 Å². The molecule has 0 aromatic carbocycles. The Labute approximate surface area is 133 Å². The summed E-state index contributed by atoms with van der Waals surface area (Å²) in [5.41, 5.74) is -0.605. The van der Waals surface area contributed by atoms with Crippen LogP contribution in [0.15, 0.2) is 5.10 Å². The molecular formula is C15H27BN2O4. The molecule has 2 aliphatic heterocycles. The number of hydrogen-bond donors (Lipinski definition) is 0. The zero-order valence-corrected chi connectivity index (χ0v) is 14.3. The number of esters is 1. The molecule has 1 atom stereocenters. The third-order valence-electron chi connectivity index (χ3n) is 4.58. The van der Waals surface area contributed by atoms with Crippen molar-refractivity contribution in [3.8, 4) is 0 Å². The van der Waals surface area contributed by atoms with E-state index in [1.165, 1.54) is 6.92 Å². The molecular weight excluding hydrogens is 283 g/mol. The van der Waals surface area contributed by atoms with Crippen molar-refractivity contribution in [1.29, 1.82) is 0 Å². The molecule has 0 spiro atoms. The van der Waals surface area contributed by atoms with Gasteiger partial charge in [0.2, 0.25) is 0 Å². The van der Waals surface area contributed by atoms with E-state index in [0.717, 1.165) is 25.9 Å². The number of hydrazone groups is 1. The molecule has 0 radical (unpaired) electrons. The van der Waals surface area contributed by atoms with Gasteiger partial charge in [-0.1, -0.05) is 0 Å². The summed E-state index contributed by atoms with van der Waals surface area (Å²) in [5.74, 6) is -0.0606. The highest BCUT2D eigenvalue weighted by Gasteiger charge is 2.54. The zero-order chi connectivity index (χ0) is 16.4. The number of hydrogen-bond acceptors (Lipinski definition) is 6. The van der Waals surface area contributed by atoms with Crippen LogP contribution in [0.3, 0.4) is 0 Å². The van der Waals surface area contributed by atoms with Gasteiger partial charge in [-0.3, -0.25) is 9.80 Å². The van der Waals surface area contributed by atoms with E-state index in [9.17, 15) is 4.79 Å². The second kappa shape index (κ2) is 6.58. The van der Waals surface area contributed by atoms with E-state index in [-0.39, 0.29) is 30.1 Å². The minimum atomic E-state index is -0.303. The summed E-state index contributed by atoms with van der Waals surface area (Å²) in [5, 5.41) is 6.46. The molecule has 0 aromatic rings. The van der Waals surface area contributed by atoms with E-state index in [1.807, 2.05) is 11.2 Å². The van der Waals surface area contributed by atoms with Crippen molar-refractivity contribution in [3.05, 3.63) is 0 Å². The number of ether oxygens (including phenoxy) is 1. The lowest BCUT2D eigenvalue weighted by molar-refractivity contribution is -0.141. The van der Waals surface area contributed by atoms with Crippen molar-refractivity contribution in [1.82, 2.24) is 5.01 Å². The summed E-state index contributed by atoms with van der Waals surface area (Å²) in [6.07, 6.45) is 3.72. The molecule has 1 saturated heterocycles. The Kier molecular flexibility index (Phi) is 5.17. The smallest absolute Gasteiger partial charge is 0.466 e. The van der Waals surface area contributed by atoms with Gasteiger partial charge in [0.15, 0.2) is 0 Å². The van der Waals surface area contributed by atoms with E-state index in [4.69, 9.17) is 14.0 Å². The fourth-order valence-electron chi connectivity index (χ4n) is 2.50. The Balaban J connectivity index is 1.71. The molecule has 0 aromatic heterocycles. The summed E-state index contributed by atoms with van der Waals surface area (Å²) >= 11 is 0. The lowest BCUT2D eigenvalue weighted by Gasteiger charge is -2.32. The maximum Gasteiger partial charge on any atom is 0.468 e. The first kappa shape index (κ1) is 17.3. The van der Waals surface area contributed by atoms with Crippen LogP contribution in [0.5, 0.6) is 0 Å². The lowest BCUT2D eigenvalue weighted by Crippen LogP contribution is -2.41.